The van der Waals surface area contributed by atoms with Crippen molar-refractivity contribution >= 4 is 62.3 Å². The number of urea groups is 2. The maximum atomic E-state index is 12.7. The van der Waals surface area contributed by atoms with Crippen molar-refractivity contribution in [2.75, 3.05) is 26.2 Å². The van der Waals surface area contributed by atoms with Crippen molar-refractivity contribution in [2.45, 2.75) is 127 Å². The highest BCUT2D eigenvalue weighted by Gasteiger charge is 2.51. The molecule has 0 aromatic carbocycles. The molecule has 0 aromatic rings. The van der Waals surface area contributed by atoms with Crippen LogP contribution in [0.2, 0.25) is 0 Å². The average molecular weight is 881 g/mol. The highest BCUT2D eigenvalue weighted by atomic mass is 32.3. The summed E-state index contributed by atoms with van der Waals surface area (Å²) in [5.41, 5.74) is 5.22. The second kappa shape index (κ2) is 18.2. The zero-order valence-corrected chi connectivity index (χ0v) is 34.4. The maximum Gasteiger partial charge on any atom is 0.418 e. The number of Topliss-reactive ketones (excluding diaryl/α,β-unsaturated/α-hetero) is 2. The van der Waals surface area contributed by atoms with Crippen molar-refractivity contribution in [3.8, 4) is 0 Å². The molecule has 6 fully saturated rings. The Kier molecular flexibility index (Phi) is 14.1. The van der Waals surface area contributed by atoms with Crippen molar-refractivity contribution in [2.24, 2.45) is 17.6 Å². The number of carbonyl (C=O) groups is 7. The molecule has 4 heterocycles. The molecule has 0 radical (unpaired) electrons. The third-order valence-corrected chi connectivity index (χ3v) is 11.8. The predicted octanol–water partition coefficient (Wildman–Crippen LogP) is -0.830. The first-order valence-corrected chi connectivity index (χ1v) is 22.0. The van der Waals surface area contributed by atoms with Gasteiger partial charge in [-0.25, -0.2) is 14.4 Å². The molecule has 4 bridgehead atoms. The molecule has 6 rings (SSSR count). The standard InChI is InChI=1S/C19H30N4O9S.C14H22N4O7S/c1-19(2,3)31-17(26)21-13-6-4-5-12(13)15(24)9-20-16(25)14-8-7-11-10-22(14)18(27)23(11)32-33(28,29)30;15-10-3-1-2-9(10)12(19)6-16-13(20)11-5-4-8-7-17(11)14(21)18(8)25-26(22,23)24/h11-14H,4-10H2,1-3H3,(H,20,25)(H,21,26)(H,28,29,30);8-11H,1-7,15H2,(H,16,20)(H,22,23,24)/t11-,12-,13-,14+;8-,9-,10-,11+/m11/s1. The van der Waals surface area contributed by atoms with Gasteiger partial charge in [-0.1, -0.05) is 12.8 Å². The van der Waals surface area contributed by atoms with Crippen LogP contribution >= 0.6 is 0 Å². The van der Waals surface area contributed by atoms with E-state index in [0.29, 0.717) is 42.2 Å². The number of ketones is 2. The largest absolute Gasteiger partial charge is 0.444 e. The van der Waals surface area contributed by atoms with E-state index in [-0.39, 0.29) is 68.6 Å². The van der Waals surface area contributed by atoms with Gasteiger partial charge in [0.05, 0.1) is 25.2 Å². The Morgan fingerprint density at radius 2 is 1.14 bits per heavy atom. The first-order valence-electron chi connectivity index (χ1n) is 19.3. The summed E-state index contributed by atoms with van der Waals surface area (Å²) in [6.07, 6.45) is 4.91. The first kappa shape index (κ1) is 45.9. The Hall–Kier alpha value is -4.21. The number of hydroxylamine groups is 4. The number of nitrogens with zero attached hydrogens (tertiary/aromatic N) is 4. The van der Waals surface area contributed by atoms with E-state index < -0.39 is 86.5 Å². The first-order chi connectivity index (χ1) is 27.4. The van der Waals surface area contributed by atoms with E-state index in [9.17, 15) is 50.4 Å². The Labute approximate surface area is 340 Å². The number of amides is 7. The van der Waals surface area contributed by atoms with Crippen molar-refractivity contribution in [1.82, 2.24) is 35.9 Å². The lowest BCUT2D eigenvalue weighted by atomic mass is 9.97. The highest BCUT2D eigenvalue weighted by Crippen LogP contribution is 2.33. The number of carbonyl (C=O) groups excluding carboxylic acids is 7. The normalized spacial score (nSPS) is 29.2. The van der Waals surface area contributed by atoms with Crippen LogP contribution in [0.4, 0.5) is 14.4 Å². The molecule has 2 aliphatic carbocycles. The number of fused-ring (bicyclic) bond motifs is 4. The molecule has 7 amide bonds. The van der Waals surface area contributed by atoms with Gasteiger partial charge < -0.3 is 36.2 Å². The molecule has 59 heavy (non-hydrogen) atoms. The molecule has 0 unspecified atom stereocenters. The van der Waals surface area contributed by atoms with Crippen molar-refractivity contribution < 1.29 is 72.8 Å². The lowest BCUT2D eigenvalue weighted by Gasteiger charge is -2.29. The zero-order chi connectivity index (χ0) is 43.6. The van der Waals surface area contributed by atoms with Crippen molar-refractivity contribution in [3.05, 3.63) is 0 Å². The summed E-state index contributed by atoms with van der Waals surface area (Å²) in [6.45, 7) is 4.98. The van der Waals surface area contributed by atoms with Gasteiger partial charge in [-0.3, -0.25) is 28.3 Å². The monoisotopic (exact) mass is 880 g/mol. The van der Waals surface area contributed by atoms with Gasteiger partial charge in [-0.2, -0.15) is 27.0 Å². The molecule has 4 saturated heterocycles. The summed E-state index contributed by atoms with van der Waals surface area (Å²) in [5, 5.41) is 8.97. The Morgan fingerprint density at radius 3 is 1.56 bits per heavy atom. The summed E-state index contributed by atoms with van der Waals surface area (Å²) < 4.78 is 75.2. The molecular formula is C33H52N8O16S2. The number of hydrogen-bond acceptors (Lipinski definition) is 15. The Morgan fingerprint density at radius 1 is 0.695 bits per heavy atom. The molecule has 24 nitrogen and oxygen atoms in total. The van der Waals surface area contributed by atoms with Crippen molar-refractivity contribution in [1.29, 1.82) is 0 Å². The molecular weight excluding hydrogens is 829 g/mol. The summed E-state index contributed by atoms with van der Waals surface area (Å²) >= 11 is 0. The van der Waals surface area contributed by atoms with E-state index in [0.717, 1.165) is 24.2 Å². The second-order valence-corrected chi connectivity index (χ2v) is 18.4. The quantitative estimate of drug-likeness (QED) is 0.123. The minimum atomic E-state index is -4.88. The molecule has 26 heteroatoms. The lowest BCUT2D eigenvalue weighted by Crippen LogP contribution is -2.51. The van der Waals surface area contributed by atoms with E-state index >= 15 is 0 Å². The smallest absolute Gasteiger partial charge is 0.418 e. The molecule has 4 aliphatic heterocycles. The summed E-state index contributed by atoms with van der Waals surface area (Å²) in [6, 6.07) is -5.11. The van der Waals surface area contributed by atoms with Crippen LogP contribution in [-0.2, 0) is 53.3 Å². The van der Waals surface area contributed by atoms with Crippen LogP contribution in [0, 0.1) is 11.8 Å². The van der Waals surface area contributed by atoms with Gasteiger partial charge in [0, 0.05) is 37.0 Å². The summed E-state index contributed by atoms with van der Waals surface area (Å²) in [4.78, 5) is 89.1. The number of nitrogens with two attached hydrogens (primary N) is 1. The molecule has 6 aliphatic rings. The number of nitrogens with one attached hydrogen (secondary N) is 3. The van der Waals surface area contributed by atoms with E-state index in [1.165, 1.54) is 4.90 Å². The molecule has 8 atom stereocenters. The fourth-order valence-corrected chi connectivity index (χ4v) is 9.20. The van der Waals surface area contributed by atoms with Gasteiger partial charge in [0.15, 0.2) is 11.6 Å². The molecule has 332 valence electrons. The van der Waals surface area contributed by atoms with Crippen LogP contribution in [-0.4, -0.2) is 155 Å². The topological polar surface area (TPSA) is 331 Å². The van der Waals surface area contributed by atoms with E-state index in [1.807, 2.05) is 0 Å². The highest BCUT2D eigenvalue weighted by molar-refractivity contribution is 7.81. The van der Waals surface area contributed by atoms with Gasteiger partial charge >= 0.3 is 39.0 Å². The summed E-state index contributed by atoms with van der Waals surface area (Å²) in [5.74, 6) is -2.09. The average Bonchev–Trinajstić information content (AvgIpc) is 3.89. The molecule has 7 N–H and O–H groups in total. The summed E-state index contributed by atoms with van der Waals surface area (Å²) in [7, 11) is -9.71. The van der Waals surface area contributed by atoms with E-state index in [4.69, 9.17) is 19.6 Å². The molecule has 2 saturated carbocycles. The fraction of sp³-hybridized carbons (Fsp3) is 0.788. The third kappa shape index (κ3) is 11.8. The van der Waals surface area contributed by atoms with Crippen LogP contribution < -0.4 is 21.7 Å². The molecule has 0 spiro atoms. The number of hydrogen-bond donors (Lipinski definition) is 6. The van der Waals surface area contributed by atoms with Crippen molar-refractivity contribution in [3.63, 3.8) is 0 Å². The lowest BCUT2D eigenvalue weighted by molar-refractivity contribution is -0.130. The van der Waals surface area contributed by atoms with Gasteiger partial charge in [0.2, 0.25) is 11.8 Å². The number of piperidine rings is 2. The van der Waals surface area contributed by atoms with Gasteiger partial charge in [0.25, 0.3) is 0 Å². The maximum absolute atomic E-state index is 12.7. The van der Waals surface area contributed by atoms with Gasteiger partial charge in [-0.05, 0) is 72.1 Å². The van der Waals surface area contributed by atoms with Gasteiger partial charge in [0.1, 0.15) is 17.7 Å². The van der Waals surface area contributed by atoms with Crippen LogP contribution in [0.1, 0.15) is 85.0 Å². The Balaban J connectivity index is 0.000000230. The van der Waals surface area contributed by atoms with Crippen LogP contribution in [0.15, 0.2) is 0 Å². The third-order valence-electron chi connectivity index (χ3n) is 11.1. The second-order valence-electron chi connectivity index (χ2n) is 16.4. The SMILES string of the molecule is CC(C)(C)OC(=O)N[C@@H]1CCC[C@H]1C(=O)CNC(=O)[C@@H]1CC[C@@H]2CN1C(=O)N2OS(=O)(=O)O.N[C@@H]1CCC[C@H]1C(=O)CNC(=O)[C@@H]1CC[C@@H]2CN1C(=O)N2OS(=O)(=O)O. The minimum Gasteiger partial charge on any atom is -0.444 e. The van der Waals surface area contributed by atoms with Gasteiger partial charge in [-0.15, -0.1) is 8.57 Å². The minimum absolute atomic E-state index is 0.0604. The number of rotatable bonds is 13. The predicted molar refractivity (Wildman–Crippen MR) is 199 cm³/mol. The van der Waals surface area contributed by atoms with Crippen LogP contribution in [0.3, 0.4) is 0 Å². The van der Waals surface area contributed by atoms with E-state index in [2.05, 4.69) is 24.5 Å². The number of ether oxygens (including phenoxy) is 1. The fourth-order valence-electron chi connectivity index (χ4n) is 8.42. The van der Waals surface area contributed by atoms with E-state index in [1.54, 1.807) is 20.8 Å². The van der Waals surface area contributed by atoms with Crippen LogP contribution in [0.25, 0.3) is 0 Å². The zero-order valence-electron chi connectivity index (χ0n) is 32.8. The number of alkyl carbamates (subject to hydrolysis) is 1. The van der Waals surface area contributed by atoms with Crippen LogP contribution in [0.5, 0.6) is 0 Å². The molecule has 0 aromatic heterocycles. The Bertz CT molecular complexity index is 1890.